The van der Waals surface area contributed by atoms with Crippen molar-refractivity contribution < 1.29 is 9.52 Å². The Kier molecular flexibility index (Phi) is 3.06. The van der Waals surface area contributed by atoms with Crippen molar-refractivity contribution in [2.75, 3.05) is 6.61 Å². The molecule has 1 aromatic heterocycles. The van der Waals surface area contributed by atoms with E-state index in [0.717, 1.165) is 16.9 Å². The molecule has 0 aliphatic rings. The molecule has 83 valence electrons. The molecule has 0 saturated heterocycles. The summed E-state index contributed by atoms with van der Waals surface area (Å²) in [5.41, 5.74) is 2.71. The molecule has 0 fully saturated rings. The molecule has 3 nitrogen and oxygen atoms in total. The second-order valence-corrected chi connectivity index (χ2v) is 3.69. The number of nitrogens with zero attached hydrogens (tertiary/aromatic N) is 1. The van der Waals surface area contributed by atoms with Crippen LogP contribution in [0.3, 0.4) is 0 Å². The average Bonchev–Trinajstić information content (AvgIpc) is 2.61. The number of hydrogen-bond donors (Lipinski definition) is 1. The topological polar surface area (TPSA) is 46.3 Å². The van der Waals surface area contributed by atoms with Gasteiger partial charge in [-0.1, -0.05) is 12.1 Å². The summed E-state index contributed by atoms with van der Waals surface area (Å²) in [6.45, 7) is 5.79. The van der Waals surface area contributed by atoms with Gasteiger partial charge in [0.2, 0.25) is 5.89 Å². The van der Waals surface area contributed by atoms with E-state index in [4.69, 9.17) is 9.52 Å². The van der Waals surface area contributed by atoms with Gasteiger partial charge in [0, 0.05) is 12.2 Å². The predicted octanol–water partition coefficient (Wildman–Crippen LogP) is 2.37. The van der Waals surface area contributed by atoms with Gasteiger partial charge in [-0.25, -0.2) is 4.98 Å². The standard InChI is InChI=1S/C13H14NO2/c1-9-10(2)16-13(14-9)12-5-3-11(4-6-12)7-8-15/h3-6,15H,1,7-8H2,2H3. The normalized spacial score (nSPS) is 10.7. The van der Waals surface area contributed by atoms with Gasteiger partial charge in [0.25, 0.3) is 0 Å². The van der Waals surface area contributed by atoms with Crippen LogP contribution in [-0.2, 0) is 6.42 Å². The molecule has 3 heteroatoms. The molecule has 2 rings (SSSR count). The molecule has 0 amide bonds. The lowest BCUT2D eigenvalue weighted by molar-refractivity contribution is 0.299. The number of aliphatic hydroxyl groups is 1. The maximum absolute atomic E-state index is 8.81. The molecule has 0 saturated carbocycles. The highest BCUT2D eigenvalue weighted by Gasteiger charge is 2.07. The van der Waals surface area contributed by atoms with Crippen molar-refractivity contribution in [3.05, 3.63) is 48.2 Å². The first-order chi connectivity index (χ1) is 7.70. The van der Waals surface area contributed by atoms with Crippen LogP contribution >= 0.6 is 0 Å². The van der Waals surface area contributed by atoms with Crippen LogP contribution < -0.4 is 0 Å². The molecular weight excluding hydrogens is 202 g/mol. The number of aromatic nitrogens is 1. The van der Waals surface area contributed by atoms with Crippen LogP contribution in [-0.4, -0.2) is 16.7 Å². The molecule has 0 spiro atoms. The molecule has 1 aromatic carbocycles. The van der Waals surface area contributed by atoms with Crippen molar-refractivity contribution in [2.24, 2.45) is 0 Å². The van der Waals surface area contributed by atoms with Gasteiger partial charge in [0.15, 0.2) is 0 Å². The smallest absolute Gasteiger partial charge is 0.226 e. The number of benzene rings is 1. The number of oxazole rings is 1. The number of hydrogen-bond acceptors (Lipinski definition) is 3. The number of aryl methyl sites for hydroxylation is 1. The van der Waals surface area contributed by atoms with Crippen molar-refractivity contribution in [3.63, 3.8) is 0 Å². The van der Waals surface area contributed by atoms with E-state index < -0.39 is 0 Å². The lowest BCUT2D eigenvalue weighted by atomic mass is 10.1. The summed E-state index contributed by atoms with van der Waals surface area (Å²) in [5, 5.41) is 8.81. The third-order valence-corrected chi connectivity index (χ3v) is 2.49. The Morgan fingerprint density at radius 3 is 2.50 bits per heavy atom. The Labute approximate surface area is 94.8 Å². The van der Waals surface area contributed by atoms with E-state index in [0.29, 0.717) is 18.0 Å². The first kappa shape index (κ1) is 10.9. The summed E-state index contributed by atoms with van der Waals surface area (Å²) < 4.78 is 5.48. The second kappa shape index (κ2) is 4.49. The number of rotatable bonds is 3. The van der Waals surface area contributed by atoms with Crippen molar-refractivity contribution >= 4 is 0 Å². The van der Waals surface area contributed by atoms with Gasteiger partial charge >= 0.3 is 0 Å². The van der Waals surface area contributed by atoms with Crippen LogP contribution in [0.25, 0.3) is 11.5 Å². The maximum atomic E-state index is 8.81. The van der Waals surface area contributed by atoms with Crippen molar-refractivity contribution in [1.29, 1.82) is 0 Å². The molecule has 0 aliphatic carbocycles. The van der Waals surface area contributed by atoms with E-state index in [1.807, 2.05) is 31.2 Å². The second-order valence-electron chi connectivity index (χ2n) is 3.69. The van der Waals surface area contributed by atoms with Crippen LogP contribution in [0.15, 0.2) is 28.7 Å². The highest BCUT2D eigenvalue weighted by molar-refractivity contribution is 5.54. The SMILES string of the molecule is [CH2]c1nc(-c2ccc(CCO)cc2)oc1C. The lowest BCUT2D eigenvalue weighted by Crippen LogP contribution is -1.89. The number of aliphatic hydroxyl groups excluding tert-OH is 1. The average molecular weight is 216 g/mol. The first-order valence-corrected chi connectivity index (χ1v) is 5.20. The zero-order valence-corrected chi connectivity index (χ0v) is 9.23. The van der Waals surface area contributed by atoms with Crippen LogP contribution in [0, 0.1) is 13.8 Å². The summed E-state index contributed by atoms with van der Waals surface area (Å²) in [6.07, 6.45) is 0.672. The van der Waals surface area contributed by atoms with E-state index >= 15 is 0 Å². The van der Waals surface area contributed by atoms with Crippen LogP contribution in [0.5, 0.6) is 0 Å². The van der Waals surface area contributed by atoms with Crippen molar-refractivity contribution in [2.45, 2.75) is 13.3 Å². The molecule has 0 aliphatic heterocycles. The summed E-state index contributed by atoms with van der Waals surface area (Å²) in [5.74, 6) is 1.34. The molecule has 2 aromatic rings. The summed E-state index contributed by atoms with van der Waals surface area (Å²) >= 11 is 0. The minimum atomic E-state index is 0.167. The highest BCUT2D eigenvalue weighted by Crippen LogP contribution is 2.21. The van der Waals surface area contributed by atoms with Gasteiger partial charge in [0.05, 0.1) is 5.69 Å². The van der Waals surface area contributed by atoms with Crippen LogP contribution in [0.4, 0.5) is 0 Å². The Morgan fingerprint density at radius 2 is 2.00 bits per heavy atom. The van der Waals surface area contributed by atoms with Gasteiger partial charge in [-0.3, -0.25) is 0 Å². The van der Waals surface area contributed by atoms with Gasteiger partial charge in [0.1, 0.15) is 5.76 Å². The molecular formula is C13H14NO2. The zero-order chi connectivity index (χ0) is 11.5. The maximum Gasteiger partial charge on any atom is 0.226 e. The van der Waals surface area contributed by atoms with Crippen LogP contribution in [0.1, 0.15) is 17.0 Å². The molecule has 0 atom stereocenters. The largest absolute Gasteiger partial charge is 0.441 e. The Morgan fingerprint density at radius 1 is 1.31 bits per heavy atom. The fourth-order valence-corrected chi connectivity index (χ4v) is 1.49. The molecule has 1 radical (unpaired) electrons. The molecule has 1 heterocycles. The van der Waals surface area contributed by atoms with E-state index in [9.17, 15) is 0 Å². The Bertz CT molecular complexity index is 452. The van der Waals surface area contributed by atoms with Gasteiger partial charge in [-0.15, -0.1) is 0 Å². The fourth-order valence-electron chi connectivity index (χ4n) is 1.49. The molecule has 0 bridgehead atoms. The lowest BCUT2D eigenvalue weighted by Gasteiger charge is -1.99. The van der Waals surface area contributed by atoms with E-state index in [1.165, 1.54) is 0 Å². The highest BCUT2D eigenvalue weighted by atomic mass is 16.4. The predicted molar refractivity (Wildman–Crippen MR) is 61.9 cm³/mol. The Balaban J connectivity index is 2.27. The van der Waals surface area contributed by atoms with Gasteiger partial charge in [-0.2, -0.15) is 0 Å². The molecule has 0 unspecified atom stereocenters. The Hall–Kier alpha value is -1.61. The zero-order valence-electron chi connectivity index (χ0n) is 9.23. The van der Waals surface area contributed by atoms with Crippen LogP contribution in [0.2, 0.25) is 0 Å². The fraction of sp³-hybridized carbons (Fsp3) is 0.231. The summed E-state index contributed by atoms with van der Waals surface area (Å²) in [6, 6.07) is 7.81. The molecule has 1 N–H and O–H groups in total. The summed E-state index contributed by atoms with van der Waals surface area (Å²) in [7, 11) is 0. The minimum absolute atomic E-state index is 0.167. The van der Waals surface area contributed by atoms with E-state index in [1.54, 1.807) is 0 Å². The van der Waals surface area contributed by atoms with E-state index in [2.05, 4.69) is 11.9 Å². The quantitative estimate of drug-likeness (QED) is 0.856. The van der Waals surface area contributed by atoms with Gasteiger partial charge < -0.3 is 9.52 Å². The first-order valence-electron chi connectivity index (χ1n) is 5.20. The third-order valence-electron chi connectivity index (χ3n) is 2.49. The van der Waals surface area contributed by atoms with E-state index in [-0.39, 0.29) is 6.61 Å². The van der Waals surface area contributed by atoms with Gasteiger partial charge in [-0.05, 0) is 38.0 Å². The molecule has 16 heavy (non-hydrogen) atoms. The monoisotopic (exact) mass is 216 g/mol. The van der Waals surface area contributed by atoms with Crippen molar-refractivity contribution in [1.82, 2.24) is 4.98 Å². The summed E-state index contributed by atoms with van der Waals surface area (Å²) in [4.78, 5) is 4.23. The van der Waals surface area contributed by atoms with Crippen molar-refractivity contribution in [3.8, 4) is 11.5 Å². The minimum Gasteiger partial charge on any atom is -0.441 e. The third kappa shape index (κ3) is 2.14.